The van der Waals surface area contributed by atoms with Gasteiger partial charge in [-0.2, -0.15) is 0 Å². The molecule has 0 bridgehead atoms. The second-order valence-electron chi connectivity index (χ2n) is 4.40. The molecule has 0 saturated carbocycles. The van der Waals surface area contributed by atoms with Crippen LogP contribution in [0.4, 0.5) is 0 Å². The molecule has 1 aliphatic heterocycles. The normalized spacial score (nSPS) is 17.7. The Morgan fingerprint density at radius 3 is 2.81 bits per heavy atom. The zero-order valence-corrected chi connectivity index (χ0v) is 9.48. The fourth-order valence-corrected chi connectivity index (χ4v) is 2.29. The minimum Gasteiger partial charge on any atom is -0.357 e. The zero-order valence-electron chi connectivity index (χ0n) is 9.48. The topological polar surface area (TPSA) is 62.1 Å². The number of carbonyl (C=O) groups excluding carboxylic acids is 1. The number of likely N-dealkylation sites (tertiary alicyclic amines) is 1. The van der Waals surface area contributed by atoms with Gasteiger partial charge >= 0.3 is 0 Å². The number of H-pyrrole nitrogens is 1. The summed E-state index contributed by atoms with van der Waals surface area (Å²) in [7, 11) is 0. The minimum absolute atomic E-state index is 0.121. The highest BCUT2D eigenvalue weighted by atomic mass is 16.2. The molecule has 1 aliphatic rings. The number of rotatable bonds is 3. The third-order valence-electron chi connectivity index (χ3n) is 3.31. The van der Waals surface area contributed by atoms with Gasteiger partial charge in [0.2, 0.25) is 0 Å². The molecule has 4 heteroatoms. The van der Waals surface area contributed by atoms with Crippen LogP contribution in [0.15, 0.2) is 18.3 Å². The van der Waals surface area contributed by atoms with Gasteiger partial charge in [0.05, 0.1) is 0 Å². The summed E-state index contributed by atoms with van der Waals surface area (Å²) in [5, 5.41) is 0. The number of hydrogen-bond acceptors (Lipinski definition) is 2. The van der Waals surface area contributed by atoms with Crippen LogP contribution in [0.3, 0.4) is 0 Å². The Balaban J connectivity index is 1.87. The molecule has 0 aliphatic carbocycles. The lowest BCUT2D eigenvalue weighted by molar-refractivity contribution is 0.0682. The largest absolute Gasteiger partial charge is 0.357 e. The molecule has 88 valence electrons. The van der Waals surface area contributed by atoms with E-state index in [0.29, 0.717) is 11.6 Å². The van der Waals surface area contributed by atoms with Gasteiger partial charge in [-0.15, -0.1) is 0 Å². The Kier molecular flexibility index (Phi) is 3.62. The third-order valence-corrected chi connectivity index (χ3v) is 3.31. The molecule has 0 aromatic carbocycles. The van der Waals surface area contributed by atoms with Gasteiger partial charge in [0, 0.05) is 19.3 Å². The van der Waals surface area contributed by atoms with Crippen molar-refractivity contribution in [3.05, 3.63) is 24.0 Å². The molecular formula is C12H19N3O. The maximum Gasteiger partial charge on any atom is 0.270 e. The molecular weight excluding hydrogens is 202 g/mol. The zero-order chi connectivity index (χ0) is 11.4. The summed E-state index contributed by atoms with van der Waals surface area (Å²) in [6.45, 7) is 2.49. The van der Waals surface area contributed by atoms with E-state index < -0.39 is 0 Å². The molecule has 0 unspecified atom stereocenters. The van der Waals surface area contributed by atoms with Crippen LogP contribution >= 0.6 is 0 Å². The van der Waals surface area contributed by atoms with Gasteiger partial charge in [-0.3, -0.25) is 4.79 Å². The molecule has 0 atom stereocenters. The fourth-order valence-electron chi connectivity index (χ4n) is 2.29. The van der Waals surface area contributed by atoms with E-state index in [2.05, 4.69) is 4.98 Å². The Hall–Kier alpha value is -1.29. The molecule has 1 aromatic rings. The lowest BCUT2D eigenvalue weighted by atomic mass is 9.93. The van der Waals surface area contributed by atoms with Crippen LogP contribution in [-0.2, 0) is 0 Å². The smallest absolute Gasteiger partial charge is 0.270 e. The molecule has 1 fully saturated rings. The Labute approximate surface area is 95.8 Å². The predicted octanol–water partition coefficient (Wildman–Crippen LogP) is 1.22. The van der Waals surface area contributed by atoms with Crippen LogP contribution in [0.1, 0.15) is 29.8 Å². The number of piperidine rings is 1. The predicted molar refractivity (Wildman–Crippen MR) is 63.1 cm³/mol. The minimum atomic E-state index is 0.121. The van der Waals surface area contributed by atoms with Crippen molar-refractivity contribution in [3.63, 3.8) is 0 Å². The van der Waals surface area contributed by atoms with Crippen molar-refractivity contribution >= 4 is 5.91 Å². The number of aromatic amines is 1. The second kappa shape index (κ2) is 5.16. The molecule has 2 rings (SSSR count). The fraction of sp³-hybridized carbons (Fsp3) is 0.583. The number of carbonyl (C=O) groups is 1. The average Bonchev–Trinajstić information content (AvgIpc) is 2.83. The first-order valence-electron chi connectivity index (χ1n) is 5.94. The molecule has 1 amide bonds. The summed E-state index contributed by atoms with van der Waals surface area (Å²) in [4.78, 5) is 16.9. The van der Waals surface area contributed by atoms with E-state index >= 15 is 0 Å². The highest BCUT2D eigenvalue weighted by Gasteiger charge is 2.23. The van der Waals surface area contributed by atoms with Gasteiger partial charge in [0.25, 0.3) is 5.91 Å². The highest BCUT2D eigenvalue weighted by molar-refractivity contribution is 5.92. The summed E-state index contributed by atoms with van der Waals surface area (Å²) < 4.78 is 0. The van der Waals surface area contributed by atoms with E-state index in [0.717, 1.165) is 38.9 Å². The molecule has 16 heavy (non-hydrogen) atoms. The lowest BCUT2D eigenvalue weighted by Gasteiger charge is -2.31. The van der Waals surface area contributed by atoms with Crippen molar-refractivity contribution in [2.45, 2.75) is 19.3 Å². The average molecular weight is 221 g/mol. The molecule has 3 N–H and O–H groups in total. The Morgan fingerprint density at radius 2 is 2.25 bits per heavy atom. The van der Waals surface area contributed by atoms with Crippen LogP contribution in [0, 0.1) is 5.92 Å². The van der Waals surface area contributed by atoms with Gasteiger partial charge in [-0.1, -0.05) is 0 Å². The standard InChI is InChI=1S/C12H19N3O/c13-6-3-10-4-8-15(9-5-10)12(16)11-2-1-7-14-11/h1-2,7,10,14H,3-6,8-9,13H2. The van der Waals surface area contributed by atoms with E-state index in [9.17, 15) is 4.79 Å². The molecule has 1 saturated heterocycles. The molecule has 0 radical (unpaired) electrons. The Bertz CT molecular complexity index is 326. The number of hydrogen-bond donors (Lipinski definition) is 2. The van der Waals surface area contributed by atoms with Crippen molar-refractivity contribution in [2.24, 2.45) is 11.7 Å². The number of nitrogens with two attached hydrogens (primary N) is 1. The number of aromatic nitrogens is 1. The highest BCUT2D eigenvalue weighted by Crippen LogP contribution is 2.20. The van der Waals surface area contributed by atoms with Gasteiger partial charge in [0.15, 0.2) is 0 Å². The van der Waals surface area contributed by atoms with Crippen LogP contribution in [-0.4, -0.2) is 35.4 Å². The van der Waals surface area contributed by atoms with Gasteiger partial charge in [-0.05, 0) is 43.9 Å². The lowest BCUT2D eigenvalue weighted by Crippen LogP contribution is -2.39. The van der Waals surface area contributed by atoms with Gasteiger partial charge in [-0.25, -0.2) is 0 Å². The van der Waals surface area contributed by atoms with Crippen LogP contribution in [0.2, 0.25) is 0 Å². The molecule has 2 heterocycles. The SMILES string of the molecule is NCCC1CCN(C(=O)c2ccc[nH]2)CC1. The van der Waals surface area contributed by atoms with Crippen molar-refractivity contribution in [3.8, 4) is 0 Å². The summed E-state index contributed by atoms with van der Waals surface area (Å²) in [6, 6.07) is 3.68. The molecule has 1 aromatic heterocycles. The monoisotopic (exact) mass is 221 g/mol. The number of amides is 1. The first kappa shape index (κ1) is 11.2. The van der Waals surface area contributed by atoms with Crippen LogP contribution < -0.4 is 5.73 Å². The molecule has 0 spiro atoms. The Morgan fingerprint density at radius 1 is 1.50 bits per heavy atom. The van der Waals surface area contributed by atoms with Crippen molar-refractivity contribution in [2.75, 3.05) is 19.6 Å². The van der Waals surface area contributed by atoms with Crippen LogP contribution in [0.5, 0.6) is 0 Å². The van der Waals surface area contributed by atoms with E-state index in [1.807, 2.05) is 17.0 Å². The van der Waals surface area contributed by atoms with E-state index in [1.54, 1.807) is 6.20 Å². The summed E-state index contributed by atoms with van der Waals surface area (Å²) in [5.74, 6) is 0.828. The first-order chi connectivity index (χ1) is 7.81. The van der Waals surface area contributed by atoms with Gasteiger partial charge in [0.1, 0.15) is 5.69 Å². The number of nitrogens with zero attached hydrogens (tertiary/aromatic N) is 1. The second-order valence-corrected chi connectivity index (χ2v) is 4.40. The van der Waals surface area contributed by atoms with E-state index in [1.165, 1.54) is 0 Å². The van der Waals surface area contributed by atoms with E-state index in [-0.39, 0.29) is 5.91 Å². The van der Waals surface area contributed by atoms with Crippen molar-refractivity contribution in [1.82, 2.24) is 9.88 Å². The summed E-state index contributed by atoms with van der Waals surface area (Å²) in [6.07, 6.45) is 5.05. The maximum absolute atomic E-state index is 12.0. The quantitative estimate of drug-likeness (QED) is 0.806. The first-order valence-corrected chi connectivity index (χ1v) is 5.94. The number of nitrogens with one attached hydrogen (secondary N) is 1. The van der Waals surface area contributed by atoms with Crippen LogP contribution in [0.25, 0.3) is 0 Å². The third kappa shape index (κ3) is 2.44. The molecule has 4 nitrogen and oxygen atoms in total. The van der Waals surface area contributed by atoms with Gasteiger partial charge < -0.3 is 15.6 Å². The van der Waals surface area contributed by atoms with Crippen molar-refractivity contribution < 1.29 is 4.79 Å². The van der Waals surface area contributed by atoms with Crippen molar-refractivity contribution in [1.29, 1.82) is 0 Å². The van der Waals surface area contributed by atoms with E-state index in [4.69, 9.17) is 5.73 Å². The maximum atomic E-state index is 12.0. The summed E-state index contributed by atoms with van der Waals surface area (Å²) in [5.41, 5.74) is 6.24. The summed E-state index contributed by atoms with van der Waals surface area (Å²) >= 11 is 0.